The molecule has 0 aliphatic carbocycles. The van der Waals surface area contributed by atoms with Gasteiger partial charge in [0, 0.05) is 13.0 Å². The van der Waals surface area contributed by atoms with Crippen LogP contribution in [-0.4, -0.2) is 76.7 Å². The molecule has 1 aromatic rings. The SMILES string of the molecule is CC(C)C(NC(=O)C(N)C(C)O)C(=O)NC(CCCN=C(N)N)C(=O)NC(Cc1ccccc1)C(=O)O. The lowest BCUT2D eigenvalue weighted by Gasteiger charge is -2.27. The molecule has 0 radical (unpaired) electrons. The second-order valence-corrected chi connectivity index (χ2v) is 9.10. The summed E-state index contributed by atoms with van der Waals surface area (Å²) in [5.41, 5.74) is 17.0. The van der Waals surface area contributed by atoms with Crippen molar-refractivity contribution in [1.29, 1.82) is 0 Å². The van der Waals surface area contributed by atoms with Crippen molar-refractivity contribution in [2.45, 2.75) is 70.3 Å². The third kappa shape index (κ3) is 11.3. The van der Waals surface area contributed by atoms with Gasteiger partial charge in [-0.1, -0.05) is 44.2 Å². The number of carbonyl (C=O) groups excluding carboxylic acids is 3. The Hall–Kier alpha value is -3.71. The van der Waals surface area contributed by atoms with E-state index in [-0.39, 0.29) is 31.3 Å². The summed E-state index contributed by atoms with van der Waals surface area (Å²) in [7, 11) is 0. The molecule has 37 heavy (non-hydrogen) atoms. The van der Waals surface area contributed by atoms with Crippen molar-refractivity contribution in [3.05, 3.63) is 35.9 Å². The number of guanidine groups is 1. The molecule has 5 unspecified atom stereocenters. The maximum absolute atomic E-state index is 13.1. The molecule has 0 aromatic heterocycles. The van der Waals surface area contributed by atoms with Crippen LogP contribution in [0.15, 0.2) is 35.3 Å². The van der Waals surface area contributed by atoms with Crippen molar-refractivity contribution in [2.24, 2.45) is 28.1 Å². The van der Waals surface area contributed by atoms with E-state index in [1.54, 1.807) is 44.2 Å². The molecule has 13 nitrogen and oxygen atoms in total. The van der Waals surface area contributed by atoms with Crippen LogP contribution < -0.4 is 33.2 Å². The Morgan fingerprint density at radius 1 is 0.919 bits per heavy atom. The number of aliphatic hydroxyl groups is 1. The third-order valence-corrected chi connectivity index (χ3v) is 5.54. The first-order chi connectivity index (χ1) is 17.3. The van der Waals surface area contributed by atoms with E-state index in [9.17, 15) is 29.4 Å². The van der Waals surface area contributed by atoms with E-state index in [2.05, 4.69) is 20.9 Å². The number of aliphatic hydroxyl groups excluding tert-OH is 1. The summed E-state index contributed by atoms with van der Waals surface area (Å²) in [5, 5.41) is 26.8. The molecular weight excluding hydrogens is 482 g/mol. The molecule has 206 valence electrons. The molecule has 0 aliphatic rings. The average molecular weight is 522 g/mol. The van der Waals surface area contributed by atoms with Crippen molar-refractivity contribution < 1.29 is 29.4 Å². The van der Waals surface area contributed by atoms with Gasteiger partial charge in [-0.2, -0.15) is 0 Å². The lowest BCUT2D eigenvalue weighted by atomic mass is 10.0. The normalized spacial score (nSPS) is 15.0. The number of aliphatic carboxylic acids is 1. The highest BCUT2D eigenvalue weighted by Crippen LogP contribution is 2.08. The summed E-state index contributed by atoms with van der Waals surface area (Å²) in [4.78, 5) is 54.2. The van der Waals surface area contributed by atoms with Gasteiger partial charge in [0.2, 0.25) is 17.7 Å². The van der Waals surface area contributed by atoms with Crippen molar-refractivity contribution >= 4 is 29.7 Å². The molecule has 11 N–H and O–H groups in total. The minimum absolute atomic E-state index is 0.0402. The van der Waals surface area contributed by atoms with E-state index < -0.39 is 54.0 Å². The van der Waals surface area contributed by atoms with Crippen LogP contribution in [0.25, 0.3) is 0 Å². The minimum Gasteiger partial charge on any atom is -0.480 e. The van der Waals surface area contributed by atoms with Crippen LogP contribution in [0.1, 0.15) is 39.2 Å². The zero-order chi connectivity index (χ0) is 28.1. The Balaban J connectivity index is 3.05. The van der Waals surface area contributed by atoms with Gasteiger partial charge in [0.05, 0.1) is 6.10 Å². The van der Waals surface area contributed by atoms with Crippen LogP contribution >= 0.6 is 0 Å². The van der Waals surface area contributed by atoms with Crippen LogP contribution in [0.3, 0.4) is 0 Å². The number of carboxylic acids is 1. The van der Waals surface area contributed by atoms with Gasteiger partial charge in [-0.25, -0.2) is 4.79 Å². The highest BCUT2D eigenvalue weighted by Gasteiger charge is 2.32. The molecule has 1 aromatic carbocycles. The fraction of sp³-hybridized carbons (Fsp3) is 0.542. The molecule has 0 bridgehead atoms. The summed E-state index contributed by atoms with van der Waals surface area (Å²) in [6.07, 6.45) is -0.697. The second-order valence-electron chi connectivity index (χ2n) is 9.10. The summed E-state index contributed by atoms with van der Waals surface area (Å²) in [6, 6.07) is 4.10. The molecule has 0 fully saturated rings. The lowest BCUT2D eigenvalue weighted by Crippen LogP contribution is -2.59. The van der Waals surface area contributed by atoms with Crippen LogP contribution in [-0.2, 0) is 25.6 Å². The van der Waals surface area contributed by atoms with Gasteiger partial charge in [-0.3, -0.25) is 19.4 Å². The average Bonchev–Trinajstić information content (AvgIpc) is 2.83. The molecule has 5 atom stereocenters. The summed E-state index contributed by atoms with van der Waals surface area (Å²) in [6.45, 7) is 4.90. The fourth-order valence-corrected chi connectivity index (χ4v) is 3.36. The fourth-order valence-electron chi connectivity index (χ4n) is 3.36. The first-order valence-electron chi connectivity index (χ1n) is 12.0. The number of carboxylic acid groups (broad SMARTS) is 1. The molecule has 0 saturated carbocycles. The maximum Gasteiger partial charge on any atom is 0.326 e. The Morgan fingerprint density at radius 2 is 1.51 bits per heavy atom. The maximum atomic E-state index is 13.1. The standard InChI is InChI=1S/C24H39N7O6/c1-13(2)19(31-21(34)18(25)14(3)32)22(35)29-16(10-7-11-28-24(26)27)20(33)30-17(23(36)37)12-15-8-5-4-6-9-15/h4-6,8-9,13-14,16-19,32H,7,10-12,25H2,1-3H3,(H,29,35)(H,30,33)(H,31,34)(H,36,37)(H4,26,27,28). The van der Waals surface area contributed by atoms with E-state index in [1.807, 2.05) is 0 Å². The number of aliphatic imine (C=N–C) groups is 1. The molecule has 0 saturated heterocycles. The molecule has 3 amide bonds. The van der Waals surface area contributed by atoms with Gasteiger partial charge in [-0.05, 0) is 31.2 Å². The van der Waals surface area contributed by atoms with Crippen LogP contribution in [0, 0.1) is 5.92 Å². The number of nitrogens with two attached hydrogens (primary N) is 3. The highest BCUT2D eigenvalue weighted by molar-refractivity contribution is 5.94. The lowest BCUT2D eigenvalue weighted by molar-refractivity contribution is -0.142. The van der Waals surface area contributed by atoms with E-state index in [0.717, 1.165) is 0 Å². The summed E-state index contributed by atoms with van der Waals surface area (Å²) in [5.74, 6) is -3.86. The largest absolute Gasteiger partial charge is 0.480 e. The van der Waals surface area contributed by atoms with Gasteiger partial charge in [0.25, 0.3) is 0 Å². The van der Waals surface area contributed by atoms with E-state index in [4.69, 9.17) is 17.2 Å². The zero-order valence-corrected chi connectivity index (χ0v) is 21.4. The first kappa shape index (κ1) is 31.3. The summed E-state index contributed by atoms with van der Waals surface area (Å²) < 4.78 is 0. The molecule has 0 heterocycles. The van der Waals surface area contributed by atoms with E-state index >= 15 is 0 Å². The minimum atomic E-state index is -1.25. The number of hydrogen-bond donors (Lipinski definition) is 8. The Morgan fingerprint density at radius 3 is 2.03 bits per heavy atom. The Kier molecular flexibility index (Phi) is 13.0. The highest BCUT2D eigenvalue weighted by atomic mass is 16.4. The van der Waals surface area contributed by atoms with Crippen LogP contribution in [0.5, 0.6) is 0 Å². The molecular formula is C24H39N7O6. The number of nitrogens with zero attached hydrogens (tertiary/aromatic N) is 1. The number of nitrogens with one attached hydrogen (secondary N) is 3. The van der Waals surface area contributed by atoms with Crippen LogP contribution in [0.4, 0.5) is 0 Å². The Bertz CT molecular complexity index is 935. The monoisotopic (exact) mass is 521 g/mol. The smallest absolute Gasteiger partial charge is 0.326 e. The topological polar surface area (TPSA) is 235 Å². The number of carbonyl (C=O) groups is 4. The number of rotatable bonds is 15. The van der Waals surface area contributed by atoms with Gasteiger partial charge >= 0.3 is 5.97 Å². The van der Waals surface area contributed by atoms with Gasteiger partial charge in [0.1, 0.15) is 24.2 Å². The third-order valence-electron chi connectivity index (χ3n) is 5.54. The molecule has 13 heteroatoms. The van der Waals surface area contributed by atoms with Crippen molar-refractivity contribution in [1.82, 2.24) is 16.0 Å². The number of amides is 3. The molecule has 0 aliphatic heterocycles. The van der Waals surface area contributed by atoms with Gasteiger partial charge < -0.3 is 43.4 Å². The first-order valence-corrected chi connectivity index (χ1v) is 12.0. The molecule has 0 spiro atoms. The quantitative estimate of drug-likeness (QED) is 0.0736. The van der Waals surface area contributed by atoms with Crippen molar-refractivity contribution in [3.63, 3.8) is 0 Å². The zero-order valence-electron chi connectivity index (χ0n) is 21.4. The van der Waals surface area contributed by atoms with Crippen molar-refractivity contribution in [2.75, 3.05) is 6.54 Å². The van der Waals surface area contributed by atoms with Crippen LogP contribution in [0.2, 0.25) is 0 Å². The Labute approximate surface area is 216 Å². The predicted molar refractivity (Wildman–Crippen MR) is 138 cm³/mol. The number of hydrogen-bond acceptors (Lipinski definition) is 7. The van der Waals surface area contributed by atoms with Crippen molar-refractivity contribution in [3.8, 4) is 0 Å². The van der Waals surface area contributed by atoms with E-state index in [1.165, 1.54) is 6.92 Å². The van der Waals surface area contributed by atoms with Gasteiger partial charge in [-0.15, -0.1) is 0 Å². The second kappa shape index (κ2) is 15.4. The predicted octanol–water partition coefficient (Wildman–Crippen LogP) is -1.81. The number of benzene rings is 1. The van der Waals surface area contributed by atoms with Gasteiger partial charge in [0.15, 0.2) is 5.96 Å². The summed E-state index contributed by atoms with van der Waals surface area (Å²) >= 11 is 0. The molecule has 1 rings (SSSR count). The van der Waals surface area contributed by atoms with E-state index in [0.29, 0.717) is 12.0 Å².